The Kier molecular flexibility index (Phi) is 13.2. The summed E-state index contributed by atoms with van der Waals surface area (Å²) >= 11 is 0. The van der Waals surface area contributed by atoms with E-state index in [0.29, 0.717) is 47.2 Å². The third kappa shape index (κ3) is 10.8. The van der Waals surface area contributed by atoms with Crippen LogP contribution in [0.15, 0.2) is 84.9 Å². The molecule has 8 nitrogen and oxygen atoms in total. The Morgan fingerprint density at radius 1 is 0.694 bits per heavy atom. The number of carbonyl (C=O) groups is 2. The fourth-order valence-electron chi connectivity index (χ4n) is 4.89. The van der Waals surface area contributed by atoms with Gasteiger partial charge in [-0.25, -0.2) is 0 Å². The van der Waals surface area contributed by atoms with Crippen LogP contribution in [0.2, 0.25) is 0 Å². The molecule has 0 saturated heterocycles. The van der Waals surface area contributed by atoms with Gasteiger partial charge in [-0.2, -0.15) is 0 Å². The maximum absolute atomic E-state index is 12.3. The van der Waals surface area contributed by atoms with Gasteiger partial charge >= 0.3 is 0 Å². The summed E-state index contributed by atoms with van der Waals surface area (Å²) in [7, 11) is 0. The summed E-state index contributed by atoms with van der Waals surface area (Å²) in [5.41, 5.74) is 16.6. The van der Waals surface area contributed by atoms with Crippen LogP contribution in [0, 0.1) is 0 Å². The largest absolute Gasteiger partial charge is 0.508 e. The van der Waals surface area contributed by atoms with Crippen molar-refractivity contribution in [3.8, 4) is 23.0 Å². The van der Waals surface area contributed by atoms with Crippen LogP contribution < -0.4 is 20.9 Å². The van der Waals surface area contributed by atoms with Crippen LogP contribution in [0.5, 0.6) is 23.0 Å². The number of ether oxygens (including phenoxy) is 2. The molecule has 0 radical (unpaired) electrons. The minimum atomic E-state index is -0.224. The van der Waals surface area contributed by atoms with Crippen molar-refractivity contribution in [1.29, 1.82) is 0 Å². The number of carbonyl (C=O) groups excluding carboxylic acids is 2. The summed E-state index contributed by atoms with van der Waals surface area (Å²) in [5.74, 6) is 1.44. The Bertz CT molecular complexity index is 1800. The van der Waals surface area contributed by atoms with E-state index in [0.717, 1.165) is 22.3 Å². The molecule has 4 aromatic rings. The van der Waals surface area contributed by atoms with Gasteiger partial charge in [-0.05, 0) is 116 Å². The third-order valence-electron chi connectivity index (χ3n) is 7.54. The van der Waals surface area contributed by atoms with Crippen molar-refractivity contribution in [3.05, 3.63) is 118 Å². The molecule has 0 aliphatic carbocycles. The number of benzene rings is 4. The first-order valence-corrected chi connectivity index (χ1v) is 16.3. The molecule has 6 N–H and O–H groups in total. The van der Waals surface area contributed by atoms with Crippen molar-refractivity contribution in [3.63, 3.8) is 0 Å². The van der Waals surface area contributed by atoms with Crippen molar-refractivity contribution in [2.75, 3.05) is 24.7 Å². The summed E-state index contributed by atoms with van der Waals surface area (Å²) in [6, 6.07) is 20.5. The minimum absolute atomic E-state index is 0.114. The molecule has 0 heterocycles. The van der Waals surface area contributed by atoms with Gasteiger partial charge in [-0.3, -0.25) is 9.59 Å². The molecule has 0 saturated carbocycles. The zero-order chi connectivity index (χ0) is 36.3. The molecule has 0 aliphatic heterocycles. The molecule has 0 aliphatic rings. The number of nitrogens with two attached hydrogens (primary N) is 2. The molecule has 4 rings (SSSR count). The van der Waals surface area contributed by atoms with E-state index >= 15 is 0 Å². The van der Waals surface area contributed by atoms with Crippen LogP contribution in [-0.4, -0.2) is 35.0 Å². The Hall–Kier alpha value is -5.50. The van der Waals surface area contributed by atoms with Crippen LogP contribution in [-0.2, 0) is 5.41 Å². The number of allylic oxidation sites excluding steroid dienone is 2. The second kappa shape index (κ2) is 17.1. The van der Waals surface area contributed by atoms with Gasteiger partial charge in [-0.1, -0.05) is 34.6 Å². The van der Waals surface area contributed by atoms with Crippen LogP contribution in [0.25, 0.3) is 12.2 Å². The van der Waals surface area contributed by atoms with E-state index in [4.69, 9.17) is 20.9 Å². The first-order valence-electron chi connectivity index (χ1n) is 16.3. The normalized spacial score (nSPS) is 11.4. The van der Waals surface area contributed by atoms with E-state index < -0.39 is 0 Å². The van der Waals surface area contributed by atoms with E-state index in [1.165, 1.54) is 12.2 Å². The quantitative estimate of drug-likeness (QED) is 0.0706. The van der Waals surface area contributed by atoms with Crippen LogP contribution in [0.1, 0.15) is 97.4 Å². The second-order valence-electron chi connectivity index (χ2n) is 12.8. The predicted octanol–water partition coefficient (Wildman–Crippen LogP) is 8.96. The molecular formula is C41H48N2O6. The molecule has 0 fully saturated rings. The molecule has 8 heteroatoms. The molecule has 4 aromatic carbocycles. The highest BCUT2D eigenvalue weighted by atomic mass is 16.5. The molecule has 0 unspecified atom stereocenters. The number of aromatic hydroxyl groups is 2. The summed E-state index contributed by atoms with van der Waals surface area (Å²) in [6.07, 6.45) is 6.45. The van der Waals surface area contributed by atoms with Crippen molar-refractivity contribution < 1.29 is 29.3 Å². The van der Waals surface area contributed by atoms with Gasteiger partial charge in [0.15, 0.2) is 11.6 Å². The van der Waals surface area contributed by atoms with E-state index in [-0.39, 0.29) is 34.4 Å². The second-order valence-corrected chi connectivity index (χ2v) is 12.8. The number of phenolic OH excluding ortho intramolecular Hbond substituents is 2. The molecule has 0 atom stereocenters. The molecule has 258 valence electrons. The Morgan fingerprint density at radius 3 is 1.49 bits per heavy atom. The van der Waals surface area contributed by atoms with Crippen molar-refractivity contribution >= 4 is 35.1 Å². The smallest absolute Gasteiger partial charge is 0.185 e. The van der Waals surface area contributed by atoms with E-state index in [9.17, 15) is 19.8 Å². The number of nitrogen functional groups attached to an aromatic ring is 2. The molecular weight excluding hydrogens is 616 g/mol. The molecule has 0 aromatic heterocycles. The topological polar surface area (TPSA) is 145 Å². The van der Waals surface area contributed by atoms with Gasteiger partial charge in [0, 0.05) is 51.3 Å². The highest BCUT2D eigenvalue weighted by Crippen LogP contribution is 2.37. The van der Waals surface area contributed by atoms with Crippen molar-refractivity contribution in [2.24, 2.45) is 0 Å². The lowest BCUT2D eigenvalue weighted by atomic mass is 9.85. The van der Waals surface area contributed by atoms with Gasteiger partial charge in [0.2, 0.25) is 0 Å². The van der Waals surface area contributed by atoms with Crippen LogP contribution in [0.4, 0.5) is 11.4 Å². The Morgan fingerprint density at radius 2 is 1.10 bits per heavy atom. The summed E-state index contributed by atoms with van der Waals surface area (Å²) < 4.78 is 11.2. The fourth-order valence-corrected chi connectivity index (χ4v) is 4.89. The fraction of sp³-hybridized carbons (Fsp3) is 0.268. The lowest BCUT2D eigenvalue weighted by Gasteiger charge is -2.22. The lowest BCUT2D eigenvalue weighted by Crippen LogP contribution is -2.12. The monoisotopic (exact) mass is 664 g/mol. The summed E-state index contributed by atoms with van der Waals surface area (Å²) in [4.78, 5) is 24.6. The molecule has 0 bridgehead atoms. The maximum atomic E-state index is 12.3. The van der Waals surface area contributed by atoms with Gasteiger partial charge in [0.1, 0.15) is 23.0 Å². The van der Waals surface area contributed by atoms with Crippen LogP contribution >= 0.6 is 0 Å². The van der Waals surface area contributed by atoms with Gasteiger partial charge in [0.05, 0.1) is 13.2 Å². The average Bonchev–Trinajstić information content (AvgIpc) is 3.04. The van der Waals surface area contributed by atoms with Crippen molar-refractivity contribution in [1.82, 2.24) is 0 Å². The van der Waals surface area contributed by atoms with Gasteiger partial charge in [-0.15, -0.1) is 0 Å². The number of phenols is 2. The molecule has 49 heavy (non-hydrogen) atoms. The van der Waals surface area contributed by atoms with E-state index in [2.05, 4.69) is 0 Å². The SMILES string of the molecule is CCOc1cc(O)c(C(C)(C)C)cc1/C=C/C(=O)c1ccc(N)cc1.CCOc1cc(O)c(C(C)C)cc1/C=C/C(=O)c1ccc(N)cc1. The maximum Gasteiger partial charge on any atom is 0.185 e. The van der Waals surface area contributed by atoms with Crippen molar-refractivity contribution in [2.45, 2.75) is 59.8 Å². The average molecular weight is 665 g/mol. The highest BCUT2D eigenvalue weighted by Gasteiger charge is 2.20. The number of hydrogen-bond acceptors (Lipinski definition) is 8. The first-order chi connectivity index (χ1) is 23.1. The van der Waals surface area contributed by atoms with Gasteiger partial charge in [0.25, 0.3) is 0 Å². The highest BCUT2D eigenvalue weighted by molar-refractivity contribution is 6.07. The Labute approximate surface area is 289 Å². The molecule has 0 amide bonds. The summed E-state index contributed by atoms with van der Waals surface area (Å²) in [6.45, 7) is 14.8. The number of hydrogen-bond donors (Lipinski definition) is 4. The third-order valence-corrected chi connectivity index (χ3v) is 7.54. The number of anilines is 2. The van der Waals surface area contributed by atoms with E-state index in [1.807, 2.05) is 60.6 Å². The number of ketones is 2. The standard InChI is InChI=1S/C21H25NO3.C20H23NO3/c1-5-25-20-13-19(24)17(21(2,3)4)12-15(20)8-11-18(23)14-6-9-16(22)10-7-14;1-4-24-20-12-19(23)17(13(2)3)11-15(20)7-10-18(22)14-5-8-16(21)9-6-14/h6-13,24H,5,22H2,1-4H3;5-13,23H,4,21H2,1-3H3/b11-8+;10-7+. The summed E-state index contributed by atoms with van der Waals surface area (Å²) in [5, 5.41) is 20.4. The lowest BCUT2D eigenvalue weighted by molar-refractivity contribution is 0.103. The van der Waals surface area contributed by atoms with E-state index in [1.54, 1.807) is 72.8 Å². The zero-order valence-corrected chi connectivity index (χ0v) is 29.4. The minimum Gasteiger partial charge on any atom is -0.508 e. The first kappa shape index (κ1) is 38.0. The zero-order valence-electron chi connectivity index (χ0n) is 29.4. The Balaban J connectivity index is 0.000000266. The number of rotatable bonds is 11. The van der Waals surface area contributed by atoms with Crippen LogP contribution in [0.3, 0.4) is 0 Å². The molecule has 0 spiro atoms. The van der Waals surface area contributed by atoms with Gasteiger partial charge < -0.3 is 31.2 Å². The predicted molar refractivity (Wildman–Crippen MR) is 200 cm³/mol.